The molecule has 0 aromatic carbocycles. The number of hydrogen-bond acceptors (Lipinski definition) is 6. The molecular formula is C17H22N4O3. The largest absolute Gasteiger partial charge is 0.388 e. The molecule has 1 atom stereocenters. The van der Waals surface area contributed by atoms with Gasteiger partial charge in [-0.25, -0.2) is 0 Å². The van der Waals surface area contributed by atoms with Crippen molar-refractivity contribution >= 4 is 5.91 Å². The van der Waals surface area contributed by atoms with Crippen molar-refractivity contribution in [2.45, 2.75) is 45.1 Å². The average molecular weight is 330 g/mol. The maximum absolute atomic E-state index is 12.6. The van der Waals surface area contributed by atoms with Crippen molar-refractivity contribution in [2.24, 2.45) is 0 Å². The number of piperidine rings is 1. The lowest BCUT2D eigenvalue weighted by atomic mass is 9.89. The number of aliphatic hydroxyl groups is 1. The fourth-order valence-corrected chi connectivity index (χ4v) is 3.14. The molecule has 1 N–H and O–H groups in total. The lowest BCUT2D eigenvalue weighted by Gasteiger charge is -2.38. The van der Waals surface area contributed by atoms with Crippen molar-refractivity contribution in [1.82, 2.24) is 20.0 Å². The quantitative estimate of drug-likeness (QED) is 0.906. The van der Waals surface area contributed by atoms with Crippen LogP contribution in [0.25, 0.3) is 0 Å². The van der Waals surface area contributed by atoms with E-state index in [0.29, 0.717) is 31.1 Å². The van der Waals surface area contributed by atoms with E-state index < -0.39 is 5.60 Å². The van der Waals surface area contributed by atoms with Crippen molar-refractivity contribution in [1.29, 1.82) is 0 Å². The van der Waals surface area contributed by atoms with E-state index >= 15 is 0 Å². The monoisotopic (exact) mass is 330 g/mol. The molecule has 7 heteroatoms. The first-order valence-electron chi connectivity index (χ1n) is 8.14. The lowest BCUT2D eigenvalue weighted by Crippen LogP contribution is -2.51. The molecule has 0 aliphatic carbocycles. The number of carbonyl (C=O) groups excluding carboxylic acids is 1. The highest BCUT2D eigenvalue weighted by Gasteiger charge is 2.37. The normalized spacial score (nSPS) is 21.0. The van der Waals surface area contributed by atoms with E-state index in [4.69, 9.17) is 4.52 Å². The summed E-state index contributed by atoms with van der Waals surface area (Å²) < 4.78 is 5.11. The molecule has 0 saturated carbocycles. The molecule has 128 valence electrons. The van der Waals surface area contributed by atoms with E-state index in [-0.39, 0.29) is 18.9 Å². The number of hydrogen-bond donors (Lipinski definition) is 1. The van der Waals surface area contributed by atoms with E-state index in [9.17, 15) is 9.90 Å². The van der Waals surface area contributed by atoms with Crippen LogP contribution in [-0.2, 0) is 17.6 Å². The van der Waals surface area contributed by atoms with Crippen LogP contribution in [0.3, 0.4) is 0 Å². The highest BCUT2D eigenvalue weighted by molar-refractivity contribution is 5.79. The number of aromatic nitrogens is 3. The van der Waals surface area contributed by atoms with Gasteiger partial charge >= 0.3 is 0 Å². The first-order valence-corrected chi connectivity index (χ1v) is 8.14. The van der Waals surface area contributed by atoms with Gasteiger partial charge < -0.3 is 14.5 Å². The van der Waals surface area contributed by atoms with Crippen molar-refractivity contribution in [3.8, 4) is 0 Å². The third-order valence-corrected chi connectivity index (χ3v) is 4.44. The van der Waals surface area contributed by atoms with Crippen LogP contribution >= 0.6 is 0 Å². The fourth-order valence-electron chi connectivity index (χ4n) is 3.14. The van der Waals surface area contributed by atoms with E-state index in [0.717, 1.165) is 17.5 Å². The van der Waals surface area contributed by atoms with Crippen LogP contribution in [0.4, 0.5) is 0 Å². The molecule has 1 aliphatic rings. The first-order chi connectivity index (χ1) is 11.5. The minimum Gasteiger partial charge on any atom is -0.388 e. The number of carbonyl (C=O) groups is 1. The number of amides is 1. The summed E-state index contributed by atoms with van der Waals surface area (Å²) in [7, 11) is 0. The van der Waals surface area contributed by atoms with Crippen LogP contribution in [-0.4, -0.2) is 49.7 Å². The van der Waals surface area contributed by atoms with Crippen LogP contribution in [0, 0.1) is 13.8 Å². The van der Waals surface area contributed by atoms with E-state index in [2.05, 4.69) is 15.1 Å². The predicted molar refractivity (Wildman–Crippen MR) is 86.2 cm³/mol. The molecular weight excluding hydrogens is 308 g/mol. The molecule has 0 spiro atoms. The SMILES string of the molecule is Cc1noc(CC2(O)CCCN(C(=O)Cc3ccncc3C)C2)n1. The molecule has 1 saturated heterocycles. The molecule has 3 rings (SSSR count). The summed E-state index contributed by atoms with van der Waals surface area (Å²) in [4.78, 5) is 22.5. The fraction of sp³-hybridized carbons (Fsp3) is 0.529. The number of likely N-dealkylation sites (tertiary alicyclic amines) is 1. The average Bonchev–Trinajstić information content (AvgIpc) is 2.94. The van der Waals surface area contributed by atoms with Crippen LogP contribution in [0.5, 0.6) is 0 Å². The van der Waals surface area contributed by atoms with Gasteiger partial charge in [0.25, 0.3) is 0 Å². The number of pyridine rings is 1. The molecule has 0 bridgehead atoms. The molecule has 3 heterocycles. The highest BCUT2D eigenvalue weighted by atomic mass is 16.5. The second-order valence-electron chi connectivity index (χ2n) is 6.53. The summed E-state index contributed by atoms with van der Waals surface area (Å²) in [5.74, 6) is 0.976. The third-order valence-electron chi connectivity index (χ3n) is 4.44. The van der Waals surface area contributed by atoms with Crippen molar-refractivity contribution in [3.05, 3.63) is 41.3 Å². The Kier molecular flexibility index (Phi) is 4.62. The van der Waals surface area contributed by atoms with Gasteiger partial charge in [0, 0.05) is 25.5 Å². The van der Waals surface area contributed by atoms with Gasteiger partial charge in [0.1, 0.15) is 0 Å². The van der Waals surface area contributed by atoms with Gasteiger partial charge in [0.15, 0.2) is 5.82 Å². The van der Waals surface area contributed by atoms with Gasteiger partial charge in [-0.2, -0.15) is 4.98 Å². The second kappa shape index (κ2) is 6.68. The minimum atomic E-state index is -1.01. The number of β-amino-alcohol motifs (C(OH)–C–C–N with tert-alkyl or cyclic N) is 1. The molecule has 7 nitrogen and oxygen atoms in total. The topological polar surface area (TPSA) is 92.4 Å². The molecule has 1 amide bonds. The molecule has 2 aromatic heterocycles. The maximum Gasteiger partial charge on any atom is 0.229 e. The van der Waals surface area contributed by atoms with Gasteiger partial charge in [0.05, 0.1) is 18.4 Å². The van der Waals surface area contributed by atoms with E-state index in [1.807, 2.05) is 13.0 Å². The summed E-state index contributed by atoms with van der Waals surface area (Å²) in [5, 5.41) is 14.6. The van der Waals surface area contributed by atoms with Gasteiger partial charge in [-0.3, -0.25) is 9.78 Å². The van der Waals surface area contributed by atoms with Crippen molar-refractivity contribution in [2.75, 3.05) is 13.1 Å². The molecule has 1 aliphatic heterocycles. The summed E-state index contributed by atoms with van der Waals surface area (Å²) >= 11 is 0. The number of rotatable bonds is 4. The Balaban J connectivity index is 1.66. The van der Waals surface area contributed by atoms with Gasteiger partial charge in [-0.1, -0.05) is 5.16 Å². The zero-order chi connectivity index (χ0) is 17.2. The van der Waals surface area contributed by atoms with Crippen LogP contribution < -0.4 is 0 Å². The lowest BCUT2D eigenvalue weighted by molar-refractivity contribution is -0.137. The standard InChI is InChI=1S/C17H22N4O3/c1-12-10-18-6-4-14(12)8-16(22)21-7-3-5-17(23,11-21)9-15-19-13(2)20-24-15/h4,6,10,23H,3,5,7-9,11H2,1-2H3. The van der Waals surface area contributed by atoms with Crippen molar-refractivity contribution in [3.63, 3.8) is 0 Å². The summed E-state index contributed by atoms with van der Waals surface area (Å²) in [6, 6.07) is 1.87. The molecule has 0 radical (unpaired) electrons. The zero-order valence-electron chi connectivity index (χ0n) is 14.0. The molecule has 1 unspecified atom stereocenters. The second-order valence-corrected chi connectivity index (χ2v) is 6.53. The first kappa shape index (κ1) is 16.6. The third kappa shape index (κ3) is 3.79. The summed E-state index contributed by atoms with van der Waals surface area (Å²) in [6.45, 7) is 4.64. The summed E-state index contributed by atoms with van der Waals surface area (Å²) in [5.41, 5.74) is 0.955. The minimum absolute atomic E-state index is 0.0177. The highest BCUT2D eigenvalue weighted by Crippen LogP contribution is 2.25. The van der Waals surface area contributed by atoms with Crippen LogP contribution in [0.2, 0.25) is 0 Å². The smallest absolute Gasteiger partial charge is 0.229 e. The van der Waals surface area contributed by atoms with Crippen LogP contribution in [0.15, 0.2) is 23.0 Å². The Labute approximate surface area is 140 Å². The Morgan fingerprint density at radius 2 is 2.29 bits per heavy atom. The molecule has 24 heavy (non-hydrogen) atoms. The van der Waals surface area contributed by atoms with Gasteiger partial charge in [-0.15, -0.1) is 0 Å². The maximum atomic E-state index is 12.6. The van der Waals surface area contributed by atoms with E-state index in [1.54, 1.807) is 24.2 Å². The van der Waals surface area contributed by atoms with Crippen molar-refractivity contribution < 1.29 is 14.4 Å². The summed E-state index contributed by atoms with van der Waals surface area (Å²) in [6.07, 6.45) is 5.42. The Morgan fingerprint density at radius 3 is 3.00 bits per heavy atom. The Morgan fingerprint density at radius 1 is 1.46 bits per heavy atom. The molecule has 2 aromatic rings. The zero-order valence-corrected chi connectivity index (χ0v) is 14.0. The van der Waals surface area contributed by atoms with Gasteiger partial charge in [0.2, 0.25) is 11.8 Å². The number of aryl methyl sites for hydroxylation is 2. The van der Waals surface area contributed by atoms with E-state index in [1.165, 1.54) is 0 Å². The number of nitrogens with zero attached hydrogens (tertiary/aromatic N) is 4. The predicted octanol–water partition coefficient (Wildman–Crippen LogP) is 1.22. The Hall–Kier alpha value is -2.28. The molecule has 1 fully saturated rings. The van der Waals surface area contributed by atoms with Crippen LogP contribution in [0.1, 0.15) is 35.7 Å². The Bertz CT molecular complexity index is 730. The van der Waals surface area contributed by atoms with Gasteiger partial charge in [-0.05, 0) is 43.9 Å².